The molecule has 0 radical (unpaired) electrons. The maximum atomic E-state index is 9.78. The van der Waals surface area contributed by atoms with Crippen LogP contribution in [0.2, 0.25) is 5.02 Å². The summed E-state index contributed by atoms with van der Waals surface area (Å²) in [5.74, 6) is 0.344. The van der Waals surface area contributed by atoms with Crippen molar-refractivity contribution in [3.8, 4) is 5.75 Å². The van der Waals surface area contributed by atoms with Gasteiger partial charge in [-0.05, 0) is 18.2 Å². The summed E-state index contributed by atoms with van der Waals surface area (Å²) in [5, 5.41) is 38.5. The van der Waals surface area contributed by atoms with Crippen molar-refractivity contribution in [1.29, 1.82) is 0 Å². The van der Waals surface area contributed by atoms with Crippen LogP contribution in [0.25, 0.3) is 0 Å². The number of hydrogen-bond donors (Lipinski definition) is 4. The van der Waals surface area contributed by atoms with Crippen molar-refractivity contribution in [2.24, 2.45) is 0 Å². The SMILES string of the molecule is OC[C@@H]1O[C@@H](Oc2cccc(Cl)c2)[C@H](O)[C@H](O)[C@@H]1O. The molecule has 1 heterocycles. The fraction of sp³-hybridized carbons (Fsp3) is 0.500. The van der Waals surface area contributed by atoms with Crippen molar-refractivity contribution in [2.75, 3.05) is 6.61 Å². The van der Waals surface area contributed by atoms with Crippen molar-refractivity contribution < 1.29 is 29.9 Å². The molecule has 1 aromatic carbocycles. The van der Waals surface area contributed by atoms with Crippen LogP contribution in [0.4, 0.5) is 0 Å². The topological polar surface area (TPSA) is 99.4 Å². The van der Waals surface area contributed by atoms with Crippen LogP contribution >= 0.6 is 11.6 Å². The zero-order chi connectivity index (χ0) is 14.0. The largest absolute Gasteiger partial charge is 0.462 e. The Hall–Kier alpha value is -0.890. The van der Waals surface area contributed by atoms with E-state index in [9.17, 15) is 15.3 Å². The molecule has 0 saturated carbocycles. The van der Waals surface area contributed by atoms with E-state index in [1.54, 1.807) is 18.2 Å². The van der Waals surface area contributed by atoms with Crippen molar-refractivity contribution in [3.63, 3.8) is 0 Å². The van der Waals surface area contributed by atoms with Crippen LogP contribution in [0.5, 0.6) is 5.75 Å². The smallest absolute Gasteiger partial charge is 0.229 e. The van der Waals surface area contributed by atoms with Crippen molar-refractivity contribution >= 4 is 11.6 Å². The molecule has 1 saturated heterocycles. The van der Waals surface area contributed by atoms with Gasteiger partial charge in [-0.25, -0.2) is 0 Å². The van der Waals surface area contributed by atoms with Gasteiger partial charge in [0, 0.05) is 5.02 Å². The van der Waals surface area contributed by atoms with E-state index in [0.717, 1.165) is 0 Å². The fourth-order valence-corrected chi connectivity index (χ4v) is 2.02. The maximum Gasteiger partial charge on any atom is 0.229 e. The van der Waals surface area contributed by atoms with Crippen LogP contribution in [0, 0.1) is 0 Å². The Balaban J connectivity index is 2.10. The average Bonchev–Trinajstić information content (AvgIpc) is 2.39. The summed E-state index contributed by atoms with van der Waals surface area (Å²) >= 11 is 5.79. The van der Waals surface area contributed by atoms with Gasteiger partial charge >= 0.3 is 0 Å². The Morgan fingerprint density at radius 3 is 2.53 bits per heavy atom. The molecule has 1 fully saturated rings. The third kappa shape index (κ3) is 3.17. The Bertz CT molecular complexity index is 426. The van der Waals surface area contributed by atoms with Crippen LogP contribution in [-0.2, 0) is 4.74 Å². The van der Waals surface area contributed by atoms with Crippen LogP contribution in [0.1, 0.15) is 0 Å². The first kappa shape index (κ1) is 14.5. The van der Waals surface area contributed by atoms with Crippen molar-refractivity contribution in [1.82, 2.24) is 0 Å². The summed E-state index contributed by atoms with van der Waals surface area (Å²) in [6, 6.07) is 6.43. The summed E-state index contributed by atoms with van der Waals surface area (Å²) in [4.78, 5) is 0. The third-order valence-electron chi connectivity index (χ3n) is 2.90. The highest BCUT2D eigenvalue weighted by Gasteiger charge is 2.44. The van der Waals surface area contributed by atoms with Gasteiger partial charge in [0.2, 0.25) is 6.29 Å². The molecule has 0 spiro atoms. The van der Waals surface area contributed by atoms with Gasteiger partial charge < -0.3 is 29.9 Å². The van der Waals surface area contributed by atoms with E-state index in [1.165, 1.54) is 6.07 Å². The van der Waals surface area contributed by atoms with Gasteiger partial charge in [0.1, 0.15) is 30.2 Å². The van der Waals surface area contributed by atoms with Gasteiger partial charge in [-0.2, -0.15) is 0 Å². The van der Waals surface area contributed by atoms with Gasteiger partial charge in [-0.3, -0.25) is 0 Å². The number of rotatable bonds is 3. The number of halogens is 1. The summed E-state index contributed by atoms with van der Waals surface area (Å²) in [6.45, 7) is -0.500. The summed E-state index contributed by atoms with van der Waals surface area (Å²) < 4.78 is 10.6. The molecule has 1 aliphatic heterocycles. The zero-order valence-corrected chi connectivity index (χ0v) is 10.6. The Kier molecular flexibility index (Phi) is 4.62. The molecule has 0 unspecified atom stereocenters. The summed E-state index contributed by atoms with van der Waals surface area (Å²) in [7, 11) is 0. The first-order valence-electron chi connectivity index (χ1n) is 5.75. The van der Waals surface area contributed by atoms with Gasteiger partial charge in [-0.15, -0.1) is 0 Å². The lowest BCUT2D eigenvalue weighted by Gasteiger charge is -2.39. The highest BCUT2D eigenvalue weighted by Crippen LogP contribution is 2.25. The van der Waals surface area contributed by atoms with Gasteiger partial charge in [0.15, 0.2) is 0 Å². The molecule has 7 heteroatoms. The Labute approximate surface area is 114 Å². The monoisotopic (exact) mass is 290 g/mol. The first-order valence-corrected chi connectivity index (χ1v) is 6.13. The quantitative estimate of drug-likeness (QED) is 0.600. The van der Waals surface area contributed by atoms with Crippen molar-refractivity contribution in [3.05, 3.63) is 29.3 Å². The molecule has 2 rings (SSSR count). The van der Waals surface area contributed by atoms with Crippen molar-refractivity contribution in [2.45, 2.75) is 30.7 Å². The minimum Gasteiger partial charge on any atom is -0.462 e. The van der Waals surface area contributed by atoms with Gasteiger partial charge in [-0.1, -0.05) is 17.7 Å². The van der Waals surface area contributed by atoms with Crippen LogP contribution in [0.15, 0.2) is 24.3 Å². The molecule has 19 heavy (non-hydrogen) atoms. The van der Waals surface area contributed by atoms with E-state index in [0.29, 0.717) is 10.8 Å². The number of ether oxygens (including phenoxy) is 2. The normalized spacial score (nSPS) is 35.1. The minimum absolute atomic E-state index is 0.344. The molecule has 5 atom stereocenters. The van der Waals surface area contributed by atoms with E-state index in [2.05, 4.69) is 0 Å². The Morgan fingerprint density at radius 2 is 1.89 bits per heavy atom. The molecule has 4 N–H and O–H groups in total. The van der Waals surface area contributed by atoms with E-state index >= 15 is 0 Å². The summed E-state index contributed by atoms with van der Waals surface area (Å²) in [6.07, 6.45) is -6.50. The predicted molar refractivity (Wildman–Crippen MR) is 65.8 cm³/mol. The molecule has 0 aliphatic carbocycles. The number of aliphatic hydroxyl groups excluding tert-OH is 4. The minimum atomic E-state index is -1.46. The number of hydrogen-bond acceptors (Lipinski definition) is 6. The molecule has 0 aromatic heterocycles. The first-order chi connectivity index (χ1) is 9.02. The lowest BCUT2D eigenvalue weighted by Crippen LogP contribution is -2.60. The molecule has 1 aromatic rings. The van der Waals surface area contributed by atoms with Crippen LogP contribution in [0.3, 0.4) is 0 Å². The average molecular weight is 291 g/mol. The van der Waals surface area contributed by atoms with E-state index in [1.807, 2.05) is 0 Å². The molecule has 6 nitrogen and oxygen atoms in total. The number of benzene rings is 1. The molecular weight excluding hydrogens is 276 g/mol. The number of aliphatic hydroxyl groups is 4. The molecule has 1 aliphatic rings. The van der Waals surface area contributed by atoms with E-state index < -0.39 is 37.3 Å². The highest BCUT2D eigenvalue weighted by atomic mass is 35.5. The molecule has 0 bridgehead atoms. The summed E-state index contributed by atoms with van der Waals surface area (Å²) in [5.41, 5.74) is 0. The standard InChI is InChI=1S/C12H15ClO6/c13-6-2-1-3-7(4-6)18-12-11(17)10(16)9(15)8(5-14)19-12/h1-4,8-12,14-17H,5H2/t8-,9+,10+,11+,12+/m0/s1. The maximum absolute atomic E-state index is 9.78. The van der Waals surface area contributed by atoms with Crippen LogP contribution in [-0.4, -0.2) is 57.7 Å². The second kappa shape index (κ2) is 6.04. The molecule has 0 amide bonds. The predicted octanol–water partition coefficient (Wildman–Crippen LogP) is -0.481. The zero-order valence-electron chi connectivity index (χ0n) is 9.89. The van der Waals surface area contributed by atoms with Crippen LogP contribution < -0.4 is 4.74 Å². The lowest BCUT2D eigenvalue weighted by molar-refractivity contribution is -0.277. The second-order valence-electron chi connectivity index (χ2n) is 4.27. The third-order valence-corrected chi connectivity index (χ3v) is 3.13. The van der Waals surface area contributed by atoms with Gasteiger partial charge in [0.25, 0.3) is 0 Å². The fourth-order valence-electron chi connectivity index (χ4n) is 1.84. The lowest BCUT2D eigenvalue weighted by atomic mass is 9.99. The van der Waals surface area contributed by atoms with Gasteiger partial charge in [0.05, 0.1) is 6.61 Å². The van der Waals surface area contributed by atoms with E-state index in [-0.39, 0.29) is 0 Å². The Morgan fingerprint density at radius 1 is 1.16 bits per heavy atom. The second-order valence-corrected chi connectivity index (χ2v) is 4.71. The highest BCUT2D eigenvalue weighted by molar-refractivity contribution is 6.30. The molecular formula is C12H15ClO6. The molecule has 106 valence electrons. The van der Waals surface area contributed by atoms with E-state index in [4.69, 9.17) is 26.2 Å².